The quantitative estimate of drug-likeness (QED) is 0.832. The number of rotatable bonds is 2. The first kappa shape index (κ1) is 10.0. The Bertz CT molecular complexity index is 409. The van der Waals surface area contributed by atoms with E-state index in [1.807, 2.05) is 0 Å². The molecule has 86 valence electrons. The fourth-order valence-electron chi connectivity index (χ4n) is 2.50. The van der Waals surface area contributed by atoms with Crippen LogP contribution in [0.15, 0.2) is 18.2 Å². The van der Waals surface area contributed by atoms with Gasteiger partial charge in [-0.25, -0.2) is 8.78 Å². The molecule has 1 spiro atoms. The van der Waals surface area contributed by atoms with E-state index in [0.717, 1.165) is 44.1 Å². The lowest BCUT2D eigenvalue weighted by Gasteiger charge is -2.53. The van der Waals surface area contributed by atoms with Gasteiger partial charge in [0.1, 0.15) is 11.9 Å². The molecule has 2 fully saturated rings. The Hall–Kier alpha value is -1.16. The standard InChI is InChI=1S/C12H13F2NO/c13-8-1-2-10(14)11(3-8)16-9-4-12(5-9)6-15-7-12/h1-3,9,15H,4-7H2. The Balaban J connectivity index is 1.64. The van der Waals surface area contributed by atoms with E-state index >= 15 is 0 Å². The molecular weight excluding hydrogens is 212 g/mol. The van der Waals surface area contributed by atoms with Crippen molar-refractivity contribution in [2.45, 2.75) is 18.9 Å². The fraction of sp³-hybridized carbons (Fsp3) is 0.500. The monoisotopic (exact) mass is 225 g/mol. The molecule has 16 heavy (non-hydrogen) atoms. The maximum absolute atomic E-state index is 13.3. The van der Waals surface area contributed by atoms with Gasteiger partial charge in [0.2, 0.25) is 0 Å². The van der Waals surface area contributed by atoms with Gasteiger partial charge in [-0.1, -0.05) is 0 Å². The van der Waals surface area contributed by atoms with E-state index in [9.17, 15) is 8.78 Å². The largest absolute Gasteiger partial charge is 0.487 e. The van der Waals surface area contributed by atoms with Crippen LogP contribution in [-0.4, -0.2) is 19.2 Å². The van der Waals surface area contributed by atoms with Gasteiger partial charge < -0.3 is 10.1 Å². The summed E-state index contributed by atoms with van der Waals surface area (Å²) in [6.45, 7) is 2.05. The lowest BCUT2D eigenvalue weighted by Crippen LogP contribution is -2.62. The van der Waals surface area contributed by atoms with Gasteiger partial charge in [0.05, 0.1) is 0 Å². The Kier molecular flexibility index (Phi) is 2.14. The van der Waals surface area contributed by atoms with Crippen molar-refractivity contribution < 1.29 is 13.5 Å². The Morgan fingerprint density at radius 1 is 1.25 bits per heavy atom. The SMILES string of the molecule is Fc1ccc(F)c(OC2CC3(CNC3)C2)c1. The number of hydrogen-bond acceptors (Lipinski definition) is 2. The van der Waals surface area contributed by atoms with Crippen LogP contribution in [0, 0.1) is 17.0 Å². The molecule has 2 nitrogen and oxygen atoms in total. The number of benzene rings is 1. The van der Waals surface area contributed by atoms with Gasteiger partial charge in [0.25, 0.3) is 0 Å². The van der Waals surface area contributed by atoms with E-state index in [1.54, 1.807) is 0 Å². The molecule has 4 heteroatoms. The van der Waals surface area contributed by atoms with Gasteiger partial charge >= 0.3 is 0 Å². The van der Waals surface area contributed by atoms with Crippen molar-refractivity contribution >= 4 is 0 Å². The van der Waals surface area contributed by atoms with E-state index < -0.39 is 11.6 Å². The van der Waals surface area contributed by atoms with E-state index in [2.05, 4.69) is 5.32 Å². The lowest BCUT2D eigenvalue weighted by atomic mass is 9.63. The van der Waals surface area contributed by atoms with Crippen LogP contribution in [0.3, 0.4) is 0 Å². The molecule has 0 amide bonds. The molecule has 3 rings (SSSR count). The Morgan fingerprint density at radius 3 is 2.62 bits per heavy atom. The average Bonchev–Trinajstić information content (AvgIpc) is 2.13. The number of hydrogen-bond donors (Lipinski definition) is 1. The normalized spacial score (nSPS) is 22.6. The zero-order valence-electron chi connectivity index (χ0n) is 8.80. The van der Waals surface area contributed by atoms with Crippen LogP contribution in [0.4, 0.5) is 8.78 Å². The molecule has 1 heterocycles. The minimum absolute atomic E-state index is 0.0344. The molecule has 0 radical (unpaired) electrons. The maximum Gasteiger partial charge on any atom is 0.165 e. The van der Waals surface area contributed by atoms with Crippen LogP contribution >= 0.6 is 0 Å². The highest BCUT2D eigenvalue weighted by Gasteiger charge is 2.49. The molecule has 0 aromatic heterocycles. The summed E-state index contributed by atoms with van der Waals surface area (Å²) in [5, 5.41) is 3.22. The first-order chi connectivity index (χ1) is 7.67. The van der Waals surface area contributed by atoms with Gasteiger partial charge in [0, 0.05) is 24.6 Å². The lowest BCUT2D eigenvalue weighted by molar-refractivity contribution is -0.0510. The minimum atomic E-state index is -0.492. The smallest absolute Gasteiger partial charge is 0.165 e. The molecule has 1 aliphatic heterocycles. The van der Waals surface area contributed by atoms with Crippen LogP contribution in [0.2, 0.25) is 0 Å². The highest BCUT2D eigenvalue weighted by molar-refractivity contribution is 5.25. The van der Waals surface area contributed by atoms with Gasteiger partial charge in [-0.3, -0.25) is 0 Å². The van der Waals surface area contributed by atoms with Gasteiger partial charge in [-0.2, -0.15) is 0 Å². The molecule has 1 saturated carbocycles. The molecule has 1 saturated heterocycles. The van der Waals surface area contributed by atoms with E-state index in [-0.39, 0.29) is 11.9 Å². The van der Waals surface area contributed by atoms with Crippen molar-refractivity contribution in [3.63, 3.8) is 0 Å². The third-order valence-electron chi connectivity index (χ3n) is 3.51. The van der Waals surface area contributed by atoms with E-state index in [4.69, 9.17) is 4.74 Å². The summed E-state index contributed by atoms with van der Waals surface area (Å²) in [5.41, 5.74) is 0.383. The summed E-state index contributed by atoms with van der Waals surface area (Å²) in [7, 11) is 0. The van der Waals surface area contributed by atoms with Crippen LogP contribution in [-0.2, 0) is 0 Å². The maximum atomic E-state index is 13.3. The first-order valence-electron chi connectivity index (χ1n) is 5.49. The minimum Gasteiger partial charge on any atom is -0.487 e. The zero-order chi connectivity index (χ0) is 11.2. The van der Waals surface area contributed by atoms with Crippen LogP contribution in [0.1, 0.15) is 12.8 Å². The third kappa shape index (κ3) is 1.57. The molecule has 0 atom stereocenters. The topological polar surface area (TPSA) is 21.3 Å². The van der Waals surface area contributed by atoms with E-state index in [0.29, 0.717) is 5.41 Å². The number of nitrogens with one attached hydrogen (secondary N) is 1. The van der Waals surface area contributed by atoms with Crippen LogP contribution in [0.5, 0.6) is 5.75 Å². The predicted molar refractivity (Wildman–Crippen MR) is 55.3 cm³/mol. The second kappa shape index (κ2) is 3.42. The first-order valence-corrected chi connectivity index (χ1v) is 5.49. The van der Waals surface area contributed by atoms with Crippen molar-refractivity contribution in [1.82, 2.24) is 5.32 Å². The fourth-order valence-corrected chi connectivity index (χ4v) is 2.50. The van der Waals surface area contributed by atoms with Gasteiger partial charge in [-0.15, -0.1) is 0 Å². The van der Waals surface area contributed by atoms with Gasteiger partial charge in [-0.05, 0) is 25.0 Å². The summed E-state index contributed by atoms with van der Waals surface area (Å²) in [6.07, 6.45) is 1.92. The van der Waals surface area contributed by atoms with Crippen LogP contribution in [0.25, 0.3) is 0 Å². The highest BCUT2D eigenvalue weighted by Crippen LogP contribution is 2.45. The van der Waals surface area contributed by atoms with Crippen molar-refractivity contribution in [3.8, 4) is 5.75 Å². The molecular formula is C12H13F2NO. The van der Waals surface area contributed by atoms with Crippen molar-refractivity contribution in [3.05, 3.63) is 29.8 Å². The molecule has 1 aromatic carbocycles. The van der Waals surface area contributed by atoms with Gasteiger partial charge in [0.15, 0.2) is 11.6 Å². The average molecular weight is 225 g/mol. The number of ether oxygens (including phenoxy) is 1. The predicted octanol–water partition coefficient (Wildman–Crippen LogP) is 2.10. The number of halogens is 2. The second-order valence-corrected chi connectivity index (χ2v) is 4.83. The summed E-state index contributed by atoms with van der Waals surface area (Å²) in [6, 6.07) is 3.31. The molecule has 1 aliphatic carbocycles. The molecule has 1 aromatic rings. The van der Waals surface area contributed by atoms with Crippen molar-refractivity contribution in [2.75, 3.05) is 13.1 Å². The van der Waals surface area contributed by atoms with Crippen molar-refractivity contribution in [1.29, 1.82) is 0 Å². The Morgan fingerprint density at radius 2 is 2.00 bits per heavy atom. The summed E-state index contributed by atoms with van der Waals surface area (Å²) < 4.78 is 31.6. The summed E-state index contributed by atoms with van der Waals surface area (Å²) in [5.74, 6) is -0.919. The highest BCUT2D eigenvalue weighted by atomic mass is 19.1. The molecule has 1 N–H and O–H groups in total. The zero-order valence-corrected chi connectivity index (χ0v) is 8.80. The second-order valence-electron chi connectivity index (χ2n) is 4.83. The molecule has 0 bridgehead atoms. The van der Waals surface area contributed by atoms with E-state index in [1.165, 1.54) is 0 Å². The van der Waals surface area contributed by atoms with Crippen molar-refractivity contribution in [2.24, 2.45) is 5.41 Å². The summed E-state index contributed by atoms with van der Waals surface area (Å²) in [4.78, 5) is 0. The molecule has 0 unspecified atom stereocenters. The van der Waals surface area contributed by atoms with Crippen LogP contribution < -0.4 is 10.1 Å². The Labute approximate surface area is 92.6 Å². The third-order valence-corrected chi connectivity index (χ3v) is 3.51. The molecule has 2 aliphatic rings. The summed E-state index contributed by atoms with van der Waals surface area (Å²) >= 11 is 0.